The highest BCUT2D eigenvalue weighted by atomic mass is 19.4. The number of hydrogen-bond acceptors (Lipinski definition) is 1. The molecule has 0 aliphatic rings. The van der Waals surface area contributed by atoms with Crippen LogP contribution in [0.5, 0.6) is 0 Å². The van der Waals surface area contributed by atoms with Gasteiger partial charge in [-0.25, -0.2) is 9.18 Å². The minimum Gasteiger partial charge on any atom is -0.478 e. The number of halogens is 4. The summed E-state index contributed by atoms with van der Waals surface area (Å²) in [6, 6.07) is 7.76. The molecular formula is C14H8F4O2. The zero-order valence-electron chi connectivity index (χ0n) is 9.91. The third-order valence-corrected chi connectivity index (χ3v) is 2.75. The topological polar surface area (TPSA) is 37.3 Å². The van der Waals surface area contributed by atoms with Crippen molar-refractivity contribution in [3.8, 4) is 11.1 Å². The first-order valence-electron chi connectivity index (χ1n) is 5.51. The number of alkyl halides is 3. The van der Waals surface area contributed by atoms with E-state index in [0.717, 1.165) is 24.3 Å². The summed E-state index contributed by atoms with van der Waals surface area (Å²) in [5, 5.41) is 8.80. The molecule has 0 atom stereocenters. The quantitative estimate of drug-likeness (QED) is 0.839. The Kier molecular flexibility index (Phi) is 3.48. The van der Waals surface area contributed by atoms with Gasteiger partial charge in [-0.2, -0.15) is 13.2 Å². The van der Waals surface area contributed by atoms with E-state index in [1.54, 1.807) is 0 Å². The molecular weight excluding hydrogens is 276 g/mol. The molecule has 0 saturated heterocycles. The second-order valence-electron chi connectivity index (χ2n) is 4.02. The van der Waals surface area contributed by atoms with Crippen molar-refractivity contribution < 1.29 is 27.5 Å². The summed E-state index contributed by atoms with van der Waals surface area (Å²) < 4.78 is 52.7. The highest BCUT2D eigenvalue weighted by molar-refractivity contribution is 5.90. The Morgan fingerprint density at radius 3 is 2.15 bits per heavy atom. The number of hydrogen-bond donors (Lipinski definition) is 1. The van der Waals surface area contributed by atoms with Gasteiger partial charge in [0.2, 0.25) is 0 Å². The lowest BCUT2D eigenvalue weighted by molar-refractivity contribution is -0.137. The average molecular weight is 284 g/mol. The van der Waals surface area contributed by atoms with E-state index in [2.05, 4.69) is 0 Å². The van der Waals surface area contributed by atoms with Gasteiger partial charge in [-0.3, -0.25) is 0 Å². The molecule has 20 heavy (non-hydrogen) atoms. The van der Waals surface area contributed by atoms with Crippen LogP contribution >= 0.6 is 0 Å². The van der Waals surface area contributed by atoms with Crippen LogP contribution in [0, 0.1) is 5.82 Å². The zero-order valence-corrected chi connectivity index (χ0v) is 9.91. The zero-order chi connectivity index (χ0) is 14.9. The van der Waals surface area contributed by atoms with Crippen LogP contribution in [0.1, 0.15) is 15.9 Å². The van der Waals surface area contributed by atoms with E-state index >= 15 is 0 Å². The van der Waals surface area contributed by atoms with Crippen LogP contribution in [0.2, 0.25) is 0 Å². The fraction of sp³-hybridized carbons (Fsp3) is 0.0714. The molecule has 0 unspecified atom stereocenters. The Hall–Kier alpha value is -2.37. The van der Waals surface area contributed by atoms with Crippen LogP contribution in [0.15, 0.2) is 42.5 Å². The van der Waals surface area contributed by atoms with Gasteiger partial charge in [-0.1, -0.05) is 30.3 Å². The number of carboxylic acid groups (broad SMARTS) is 1. The summed E-state index contributed by atoms with van der Waals surface area (Å²) in [5.41, 5.74) is -2.46. The van der Waals surface area contributed by atoms with Gasteiger partial charge in [-0.15, -0.1) is 0 Å². The molecule has 1 N–H and O–H groups in total. The summed E-state index contributed by atoms with van der Waals surface area (Å²) in [4.78, 5) is 10.8. The fourth-order valence-corrected chi connectivity index (χ4v) is 1.87. The van der Waals surface area contributed by atoms with Crippen molar-refractivity contribution in [2.45, 2.75) is 6.18 Å². The van der Waals surface area contributed by atoms with E-state index in [-0.39, 0.29) is 5.56 Å². The van der Waals surface area contributed by atoms with Crippen LogP contribution in [-0.2, 0) is 6.18 Å². The van der Waals surface area contributed by atoms with E-state index < -0.39 is 34.7 Å². The molecule has 6 heteroatoms. The minimum atomic E-state index is -4.65. The number of aromatic carboxylic acids is 1. The molecule has 0 radical (unpaired) electrons. The molecule has 2 nitrogen and oxygen atoms in total. The Bertz CT molecular complexity index is 662. The molecule has 0 fully saturated rings. The maximum atomic E-state index is 14.0. The second-order valence-corrected chi connectivity index (χ2v) is 4.02. The third kappa shape index (κ3) is 2.49. The first-order valence-corrected chi connectivity index (χ1v) is 5.51. The summed E-state index contributed by atoms with van der Waals surface area (Å²) in [7, 11) is 0. The van der Waals surface area contributed by atoms with Gasteiger partial charge in [0.05, 0.1) is 11.1 Å². The Labute approximate surface area is 111 Å². The van der Waals surface area contributed by atoms with E-state index in [9.17, 15) is 22.4 Å². The third-order valence-electron chi connectivity index (χ3n) is 2.75. The Balaban J connectivity index is 2.70. The maximum Gasteiger partial charge on any atom is 0.417 e. The molecule has 0 aliphatic heterocycles. The normalized spacial score (nSPS) is 11.4. The van der Waals surface area contributed by atoms with Gasteiger partial charge in [0.15, 0.2) is 0 Å². The van der Waals surface area contributed by atoms with Gasteiger partial charge in [-0.05, 0) is 17.7 Å². The number of rotatable bonds is 2. The minimum absolute atomic E-state index is 0.388. The molecule has 0 aliphatic carbocycles. The number of carbonyl (C=O) groups is 1. The van der Waals surface area contributed by atoms with Crippen molar-refractivity contribution >= 4 is 5.97 Å². The molecule has 2 aromatic rings. The van der Waals surface area contributed by atoms with E-state index in [4.69, 9.17) is 5.11 Å². The molecule has 0 saturated carbocycles. The first kappa shape index (κ1) is 14.0. The Morgan fingerprint density at radius 1 is 0.950 bits per heavy atom. The van der Waals surface area contributed by atoms with Crippen LogP contribution in [0.25, 0.3) is 11.1 Å². The Morgan fingerprint density at radius 2 is 1.55 bits per heavy atom. The van der Waals surface area contributed by atoms with Crippen molar-refractivity contribution in [1.29, 1.82) is 0 Å². The van der Waals surface area contributed by atoms with Crippen LogP contribution < -0.4 is 0 Å². The van der Waals surface area contributed by atoms with Crippen molar-refractivity contribution in [1.82, 2.24) is 0 Å². The van der Waals surface area contributed by atoms with Gasteiger partial charge in [0, 0.05) is 5.56 Å². The predicted molar refractivity (Wildman–Crippen MR) is 63.8 cm³/mol. The lowest BCUT2D eigenvalue weighted by atomic mass is 9.97. The second kappa shape index (κ2) is 4.96. The van der Waals surface area contributed by atoms with Crippen molar-refractivity contribution in [3.05, 3.63) is 59.4 Å². The van der Waals surface area contributed by atoms with Crippen LogP contribution in [-0.4, -0.2) is 11.1 Å². The fourth-order valence-electron chi connectivity index (χ4n) is 1.87. The van der Waals surface area contributed by atoms with Gasteiger partial charge >= 0.3 is 12.1 Å². The van der Waals surface area contributed by atoms with E-state index in [1.165, 1.54) is 18.2 Å². The number of benzene rings is 2. The summed E-state index contributed by atoms with van der Waals surface area (Å²) >= 11 is 0. The largest absolute Gasteiger partial charge is 0.478 e. The van der Waals surface area contributed by atoms with E-state index in [1.807, 2.05) is 0 Å². The smallest absolute Gasteiger partial charge is 0.417 e. The first-order chi connectivity index (χ1) is 9.32. The molecule has 0 heterocycles. The molecule has 104 valence electrons. The van der Waals surface area contributed by atoms with Crippen molar-refractivity contribution in [2.75, 3.05) is 0 Å². The van der Waals surface area contributed by atoms with Crippen LogP contribution in [0.4, 0.5) is 17.6 Å². The molecule has 2 rings (SSSR count). The highest BCUT2D eigenvalue weighted by Crippen LogP contribution is 2.38. The predicted octanol–water partition coefficient (Wildman–Crippen LogP) is 4.21. The van der Waals surface area contributed by atoms with E-state index in [0.29, 0.717) is 0 Å². The number of carboxylic acids is 1. The summed E-state index contributed by atoms with van der Waals surface area (Å²) in [5.74, 6) is -2.72. The highest BCUT2D eigenvalue weighted by Gasteiger charge is 2.34. The molecule has 0 bridgehead atoms. The lowest BCUT2D eigenvalue weighted by Gasteiger charge is -2.13. The van der Waals surface area contributed by atoms with Gasteiger partial charge in [0.25, 0.3) is 0 Å². The van der Waals surface area contributed by atoms with Crippen molar-refractivity contribution in [2.24, 2.45) is 0 Å². The lowest BCUT2D eigenvalue weighted by Crippen LogP contribution is -2.08. The SMILES string of the molecule is O=C(O)c1cccc(-c2ccccc2C(F)(F)F)c1F. The molecule has 2 aromatic carbocycles. The van der Waals surface area contributed by atoms with Gasteiger partial charge in [0.1, 0.15) is 5.82 Å². The van der Waals surface area contributed by atoms with Crippen LogP contribution in [0.3, 0.4) is 0 Å². The maximum absolute atomic E-state index is 14.0. The summed E-state index contributed by atoms with van der Waals surface area (Å²) in [6.45, 7) is 0. The van der Waals surface area contributed by atoms with Crippen molar-refractivity contribution in [3.63, 3.8) is 0 Å². The monoisotopic (exact) mass is 284 g/mol. The van der Waals surface area contributed by atoms with Gasteiger partial charge < -0.3 is 5.11 Å². The molecule has 0 amide bonds. The average Bonchev–Trinajstić information content (AvgIpc) is 2.37. The molecule has 0 aromatic heterocycles. The summed E-state index contributed by atoms with van der Waals surface area (Å²) in [6.07, 6.45) is -4.65. The molecule has 0 spiro atoms. The standard InChI is InChI=1S/C14H8F4O2/c15-12-9(5-3-6-10(12)13(19)20)8-4-1-2-7-11(8)14(16,17)18/h1-7H,(H,19,20).